The topological polar surface area (TPSA) is 55.6 Å². The molecule has 2 rings (SSSR count). The van der Waals surface area contributed by atoms with Gasteiger partial charge in [0.25, 0.3) is 0 Å². The summed E-state index contributed by atoms with van der Waals surface area (Å²) in [5, 5.41) is 0. The maximum Gasteiger partial charge on any atom is 0.222 e. The molecule has 1 aliphatic rings. The lowest BCUT2D eigenvalue weighted by Crippen LogP contribution is -2.42. The molecule has 0 saturated carbocycles. The summed E-state index contributed by atoms with van der Waals surface area (Å²) in [5.41, 5.74) is 6.61. The summed E-state index contributed by atoms with van der Waals surface area (Å²) in [4.78, 5) is 14.1. The number of amides is 1. The van der Waals surface area contributed by atoms with E-state index in [4.69, 9.17) is 10.5 Å². The standard InChI is InChI=1S/C16H24N2O2/c17-10-6-2-5-9-16(19)18-11-12-20-15(13-18)14-7-3-1-4-8-14/h1,3-4,7-8,15H,2,5-6,9-13,17H2. The number of carbonyl (C=O) groups is 1. The summed E-state index contributed by atoms with van der Waals surface area (Å²) >= 11 is 0. The molecule has 110 valence electrons. The number of nitrogens with zero attached hydrogens (tertiary/aromatic N) is 1. The van der Waals surface area contributed by atoms with Crippen molar-refractivity contribution >= 4 is 5.91 Å². The van der Waals surface area contributed by atoms with Crippen molar-refractivity contribution in [3.05, 3.63) is 35.9 Å². The van der Waals surface area contributed by atoms with Crippen LogP contribution in [0.15, 0.2) is 30.3 Å². The van der Waals surface area contributed by atoms with Crippen molar-refractivity contribution in [1.82, 2.24) is 4.90 Å². The summed E-state index contributed by atoms with van der Waals surface area (Å²) in [6, 6.07) is 10.1. The summed E-state index contributed by atoms with van der Waals surface area (Å²) in [6.07, 6.45) is 3.61. The van der Waals surface area contributed by atoms with Gasteiger partial charge in [-0.15, -0.1) is 0 Å². The molecule has 0 aliphatic carbocycles. The average molecular weight is 276 g/mol. The number of benzene rings is 1. The molecule has 1 unspecified atom stereocenters. The first kappa shape index (κ1) is 15.0. The van der Waals surface area contributed by atoms with E-state index in [1.807, 2.05) is 23.1 Å². The SMILES string of the molecule is NCCCCCC(=O)N1CCOC(c2ccccc2)C1. The Morgan fingerprint density at radius 1 is 1.25 bits per heavy atom. The zero-order chi connectivity index (χ0) is 14.2. The smallest absolute Gasteiger partial charge is 0.222 e. The van der Waals surface area contributed by atoms with Crippen LogP contribution in [0.25, 0.3) is 0 Å². The average Bonchev–Trinajstić information content (AvgIpc) is 2.52. The lowest BCUT2D eigenvalue weighted by molar-refractivity contribution is -0.139. The van der Waals surface area contributed by atoms with Crippen molar-refractivity contribution in [2.75, 3.05) is 26.2 Å². The van der Waals surface area contributed by atoms with E-state index in [0.717, 1.165) is 24.8 Å². The van der Waals surface area contributed by atoms with Gasteiger partial charge in [0, 0.05) is 13.0 Å². The fourth-order valence-corrected chi connectivity index (χ4v) is 2.50. The van der Waals surface area contributed by atoms with Gasteiger partial charge in [0.2, 0.25) is 5.91 Å². The second kappa shape index (κ2) is 8.02. The third-order valence-electron chi connectivity index (χ3n) is 3.69. The minimum Gasteiger partial charge on any atom is -0.370 e. The van der Waals surface area contributed by atoms with Gasteiger partial charge in [-0.3, -0.25) is 4.79 Å². The summed E-state index contributed by atoms with van der Waals surface area (Å²) in [5.74, 6) is 0.242. The zero-order valence-corrected chi connectivity index (χ0v) is 12.0. The molecule has 0 radical (unpaired) electrons. The molecule has 1 aromatic carbocycles. The predicted molar refractivity (Wildman–Crippen MR) is 79.2 cm³/mol. The van der Waals surface area contributed by atoms with Crippen LogP contribution in [0.3, 0.4) is 0 Å². The highest BCUT2D eigenvalue weighted by atomic mass is 16.5. The molecular formula is C16H24N2O2. The lowest BCUT2D eigenvalue weighted by atomic mass is 10.1. The van der Waals surface area contributed by atoms with E-state index in [1.54, 1.807) is 0 Å². The van der Waals surface area contributed by atoms with Gasteiger partial charge in [-0.05, 0) is 24.9 Å². The number of nitrogens with two attached hydrogens (primary N) is 1. The maximum absolute atomic E-state index is 12.2. The molecule has 20 heavy (non-hydrogen) atoms. The Labute approximate surface area is 120 Å². The summed E-state index contributed by atoms with van der Waals surface area (Å²) in [7, 11) is 0. The quantitative estimate of drug-likeness (QED) is 0.810. The Morgan fingerprint density at radius 3 is 2.80 bits per heavy atom. The highest BCUT2D eigenvalue weighted by Gasteiger charge is 2.24. The zero-order valence-electron chi connectivity index (χ0n) is 12.0. The van der Waals surface area contributed by atoms with Gasteiger partial charge in [0.1, 0.15) is 6.10 Å². The summed E-state index contributed by atoms with van der Waals surface area (Å²) < 4.78 is 5.78. The van der Waals surface area contributed by atoms with Crippen molar-refractivity contribution in [2.45, 2.75) is 31.8 Å². The number of hydrogen-bond donors (Lipinski definition) is 1. The minimum absolute atomic E-state index is 0.0120. The van der Waals surface area contributed by atoms with E-state index in [0.29, 0.717) is 32.7 Å². The molecule has 1 saturated heterocycles. The molecule has 0 bridgehead atoms. The molecule has 1 fully saturated rings. The third-order valence-corrected chi connectivity index (χ3v) is 3.69. The van der Waals surface area contributed by atoms with Crippen LogP contribution in [0.1, 0.15) is 37.4 Å². The van der Waals surface area contributed by atoms with E-state index >= 15 is 0 Å². The third kappa shape index (κ3) is 4.32. The number of ether oxygens (including phenoxy) is 1. The van der Waals surface area contributed by atoms with Gasteiger partial charge in [-0.1, -0.05) is 36.8 Å². The Balaban J connectivity index is 1.82. The van der Waals surface area contributed by atoms with E-state index in [1.165, 1.54) is 0 Å². The van der Waals surface area contributed by atoms with Gasteiger partial charge in [-0.25, -0.2) is 0 Å². The predicted octanol–water partition coefficient (Wildman–Crippen LogP) is 2.11. The first-order chi connectivity index (χ1) is 9.81. The lowest BCUT2D eigenvalue weighted by Gasteiger charge is -2.33. The molecule has 1 atom stereocenters. The second-order valence-electron chi connectivity index (χ2n) is 5.21. The van der Waals surface area contributed by atoms with Crippen molar-refractivity contribution < 1.29 is 9.53 Å². The molecule has 4 heteroatoms. The highest BCUT2D eigenvalue weighted by molar-refractivity contribution is 5.76. The van der Waals surface area contributed by atoms with Crippen LogP contribution in [-0.4, -0.2) is 37.0 Å². The van der Waals surface area contributed by atoms with E-state index in [-0.39, 0.29) is 12.0 Å². The molecule has 0 aromatic heterocycles. The number of carbonyl (C=O) groups excluding carboxylic acids is 1. The van der Waals surface area contributed by atoms with Crippen molar-refractivity contribution in [2.24, 2.45) is 5.73 Å². The van der Waals surface area contributed by atoms with Crippen molar-refractivity contribution in [3.8, 4) is 0 Å². The first-order valence-electron chi connectivity index (χ1n) is 7.45. The van der Waals surface area contributed by atoms with Crippen LogP contribution in [0.4, 0.5) is 0 Å². The Bertz CT molecular complexity index is 408. The van der Waals surface area contributed by atoms with Crippen LogP contribution in [0.2, 0.25) is 0 Å². The van der Waals surface area contributed by atoms with E-state index in [9.17, 15) is 4.79 Å². The molecule has 0 spiro atoms. The second-order valence-corrected chi connectivity index (χ2v) is 5.21. The highest BCUT2D eigenvalue weighted by Crippen LogP contribution is 2.22. The van der Waals surface area contributed by atoms with Gasteiger partial charge in [-0.2, -0.15) is 0 Å². The Kier molecular flexibility index (Phi) is 6.02. The first-order valence-corrected chi connectivity index (χ1v) is 7.45. The van der Waals surface area contributed by atoms with Crippen molar-refractivity contribution in [1.29, 1.82) is 0 Å². The number of hydrogen-bond acceptors (Lipinski definition) is 3. The van der Waals surface area contributed by atoms with Gasteiger partial charge < -0.3 is 15.4 Å². The number of morpholine rings is 1. The van der Waals surface area contributed by atoms with E-state index < -0.39 is 0 Å². The molecule has 2 N–H and O–H groups in total. The number of rotatable bonds is 6. The Morgan fingerprint density at radius 2 is 2.05 bits per heavy atom. The molecule has 1 aliphatic heterocycles. The van der Waals surface area contributed by atoms with Gasteiger partial charge in [0.05, 0.1) is 13.2 Å². The normalized spacial score (nSPS) is 19.1. The molecule has 1 aromatic rings. The molecule has 1 amide bonds. The van der Waals surface area contributed by atoms with Crippen molar-refractivity contribution in [3.63, 3.8) is 0 Å². The van der Waals surface area contributed by atoms with E-state index in [2.05, 4.69) is 12.1 Å². The minimum atomic E-state index is 0.0120. The van der Waals surface area contributed by atoms with Crippen LogP contribution in [0.5, 0.6) is 0 Å². The monoisotopic (exact) mass is 276 g/mol. The Hall–Kier alpha value is -1.39. The number of unbranched alkanes of at least 4 members (excludes halogenated alkanes) is 2. The van der Waals surface area contributed by atoms with Crippen LogP contribution in [0, 0.1) is 0 Å². The van der Waals surface area contributed by atoms with Crippen LogP contribution < -0.4 is 5.73 Å². The molecule has 4 nitrogen and oxygen atoms in total. The maximum atomic E-state index is 12.2. The van der Waals surface area contributed by atoms with Gasteiger partial charge in [0.15, 0.2) is 0 Å². The largest absolute Gasteiger partial charge is 0.370 e. The van der Waals surface area contributed by atoms with Crippen LogP contribution in [-0.2, 0) is 9.53 Å². The fraction of sp³-hybridized carbons (Fsp3) is 0.562. The van der Waals surface area contributed by atoms with Crippen LogP contribution >= 0.6 is 0 Å². The van der Waals surface area contributed by atoms with Gasteiger partial charge >= 0.3 is 0 Å². The summed E-state index contributed by atoms with van der Waals surface area (Å²) in [6.45, 7) is 2.70. The molecule has 1 heterocycles. The molecular weight excluding hydrogens is 252 g/mol. The fourth-order valence-electron chi connectivity index (χ4n) is 2.50.